The standard InChI is InChI=1S/C15H22O9/c1-7(16)21-6-11-12(22-8(2)17)14(20-5)15(24-10(4)19)13(11)23-9(3)18/h11-15H,6H2,1-5H3/t11-,12+,13+,14+,15+/m1/s1. The molecule has 1 aliphatic carbocycles. The van der Waals surface area contributed by atoms with Crippen LogP contribution >= 0.6 is 0 Å². The van der Waals surface area contributed by atoms with Crippen molar-refractivity contribution in [3.8, 4) is 0 Å². The Morgan fingerprint density at radius 3 is 1.46 bits per heavy atom. The van der Waals surface area contributed by atoms with Gasteiger partial charge >= 0.3 is 23.9 Å². The Kier molecular flexibility index (Phi) is 7.15. The molecule has 0 saturated heterocycles. The third kappa shape index (κ3) is 5.19. The minimum absolute atomic E-state index is 0.192. The minimum atomic E-state index is -0.999. The molecule has 0 aromatic heterocycles. The summed E-state index contributed by atoms with van der Waals surface area (Å²) >= 11 is 0. The van der Waals surface area contributed by atoms with Crippen molar-refractivity contribution >= 4 is 23.9 Å². The van der Waals surface area contributed by atoms with Crippen LogP contribution in [0, 0.1) is 5.92 Å². The summed E-state index contributed by atoms with van der Waals surface area (Å²) < 4.78 is 26.0. The maximum Gasteiger partial charge on any atom is 0.303 e. The van der Waals surface area contributed by atoms with Crippen LogP contribution in [0.25, 0.3) is 0 Å². The molecule has 0 heterocycles. The lowest BCUT2D eigenvalue weighted by molar-refractivity contribution is -0.172. The fourth-order valence-corrected chi connectivity index (χ4v) is 2.74. The number of rotatable bonds is 6. The summed E-state index contributed by atoms with van der Waals surface area (Å²) in [7, 11) is 1.34. The maximum atomic E-state index is 11.4. The zero-order valence-electron chi connectivity index (χ0n) is 14.3. The van der Waals surface area contributed by atoms with E-state index in [9.17, 15) is 19.2 Å². The first-order valence-electron chi connectivity index (χ1n) is 7.35. The van der Waals surface area contributed by atoms with Gasteiger partial charge in [0.15, 0.2) is 12.2 Å². The number of carbonyl (C=O) groups is 4. The molecular weight excluding hydrogens is 324 g/mol. The Morgan fingerprint density at radius 2 is 1.08 bits per heavy atom. The largest absolute Gasteiger partial charge is 0.465 e. The summed E-state index contributed by atoms with van der Waals surface area (Å²) in [5, 5.41) is 0. The van der Waals surface area contributed by atoms with Gasteiger partial charge in [-0.05, 0) is 0 Å². The second-order valence-electron chi connectivity index (χ2n) is 5.39. The highest BCUT2D eigenvalue weighted by Gasteiger charge is 2.57. The van der Waals surface area contributed by atoms with E-state index in [-0.39, 0.29) is 6.61 Å². The molecule has 0 amide bonds. The zero-order valence-corrected chi connectivity index (χ0v) is 14.3. The van der Waals surface area contributed by atoms with E-state index in [2.05, 4.69) is 0 Å². The lowest BCUT2D eigenvalue weighted by Crippen LogP contribution is -2.40. The van der Waals surface area contributed by atoms with Crippen molar-refractivity contribution in [2.24, 2.45) is 5.92 Å². The molecule has 0 radical (unpaired) electrons. The Bertz CT molecular complexity index is 501. The first-order valence-corrected chi connectivity index (χ1v) is 7.35. The van der Waals surface area contributed by atoms with Crippen molar-refractivity contribution in [3.05, 3.63) is 0 Å². The van der Waals surface area contributed by atoms with Crippen LogP contribution in [0.4, 0.5) is 0 Å². The molecule has 5 atom stereocenters. The van der Waals surface area contributed by atoms with Crippen molar-refractivity contribution in [2.75, 3.05) is 13.7 Å². The van der Waals surface area contributed by atoms with Crippen molar-refractivity contribution in [1.29, 1.82) is 0 Å². The average Bonchev–Trinajstić information content (AvgIpc) is 2.67. The fraction of sp³-hybridized carbons (Fsp3) is 0.733. The SMILES string of the molecule is CO[C@@H]1[C@@H](OC(C)=O)[C@@H](OC(C)=O)[C@H](COC(C)=O)[C@@H]1OC(C)=O. The molecular formula is C15H22O9. The molecule has 0 aromatic carbocycles. The van der Waals surface area contributed by atoms with E-state index >= 15 is 0 Å². The molecule has 9 nitrogen and oxygen atoms in total. The van der Waals surface area contributed by atoms with Gasteiger partial charge in [0, 0.05) is 34.8 Å². The van der Waals surface area contributed by atoms with Gasteiger partial charge in [-0.1, -0.05) is 0 Å². The summed E-state index contributed by atoms with van der Waals surface area (Å²) in [4.78, 5) is 45.3. The number of carbonyl (C=O) groups excluding carboxylic acids is 4. The molecule has 0 aromatic rings. The van der Waals surface area contributed by atoms with Gasteiger partial charge in [0.25, 0.3) is 0 Å². The van der Waals surface area contributed by atoms with E-state index < -0.39 is 54.2 Å². The highest BCUT2D eigenvalue weighted by Crippen LogP contribution is 2.36. The quantitative estimate of drug-likeness (QED) is 0.484. The molecule has 1 aliphatic rings. The van der Waals surface area contributed by atoms with E-state index in [1.54, 1.807) is 0 Å². The summed E-state index contributed by atoms with van der Waals surface area (Å²) in [6.45, 7) is 4.61. The Labute approximate surface area is 139 Å². The molecule has 1 saturated carbocycles. The highest BCUT2D eigenvalue weighted by atomic mass is 16.6. The fourth-order valence-electron chi connectivity index (χ4n) is 2.74. The van der Waals surface area contributed by atoms with Crippen LogP contribution in [0.1, 0.15) is 27.7 Å². The lowest BCUT2D eigenvalue weighted by Gasteiger charge is -2.24. The van der Waals surface area contributed by atoms with E-state index in [0.29, 0.717) is 0 Å². The highest BCUT2D eigenvalue weighted by molar-refractivity contribution is 5.68. The zero-order chi connectivity index (χ0) is 18.4. The number of esters is 4. The molecule has 0 bridgehead atoms. The molecule has 0 spiro atoms. The first kappa shape index (κ1) is 19.9. The van der Waals surface area contributed by atoms with Crippen LogP contribution in [-0.2, 0) is 42.9 Å². The maximum absolute atomic E-state index is 11.4. The van der Waals surface area contributed by atoms with Crippen LogP contribution in [0.2, 0.25) is 0 Å². The Hall–Kier alpha value is -2.16. The molecule has 24 heavy (non-hydrogen) atoms. The topological polar surface area (TPSA) is 114 Å². The number of ether oxygens (including phenoxy) is 5. The number of hydrogen-bond donors (Lipinski definition) is 0. The van der Waals surface area contributed by atoms with E-state index in [1.165, 1.54) is 34.8 Å². The van der Waals surface area contributed by atoms with Crippen molar-refractivity contribution < 1.29 is 42.9 Å². The summed E-state index contributed by atoms with van der Waals surface area (Å²) in [5.41, 5.74) is 0. The molecule has 1 rings (SSSR count). The number of hydrogen-bond acceptors (Lipinski definition) is 9. The molecule has 0 aliphatic heterocycles. The third-order valence-corrected chi connectivity index (χ3v) is 3.47. The Morgan fingerprint density at radius 1 is 0.667 bits per heavy atom. The van der Waals surface area contributed by atoms with Crippen molar-refractivity contribution in [3.63, 3.8) is 0 Å². The smallest absolute Gasteiger partial charge is 0.303 e. The van der Waals surface area contributed by atoms with Gasteiger partial charge in [-0.15, -0.1) is 0 Å². The van der Waals surface area contributed by atoms with Gasteiger partial charge in [0.1, 0.15) is 18.8 Å². The normalized spacial score (nSPS) is 28.8. The van der Waals surface area contributed by atoms with Crippen LogP contribution in [0.15, 0.2) is 0 Å². The van der Waals surface area contributed by atoms with E-state index in [4.69, 9.17) is 23.7 Å². The van der Waals surface area contributed by atoms with Crippen LogP contribution in [0.5, 0.6) is 0 Å². The molecule has 9 heteroatoms. The Balaban J connectivity index is 3.19. The van der Waals surface area contributed by atoms with Gasteiger partial charge in [0.2, 0.25) is 0 Å². The van der Waals surface area contributed by atoms with Gasteiger partial charge in [-0.3, -0.25) is 19.2 Å². The van der Waals surface area contributed by atoms with Crippen molar-refractivity contribution in [1.82, 2.24) is 0 Å². The first-order chi connectivity index (χ1) is 11.2. The average molecular weight is 346 g/mol. The second kappa shape index (κ2) is 8.62. The molecule has 0 unspecified atom stereocenters. The summed E-state index contributed by atoms with van der Waals surface area (Å²) in [5.74, 6) is -3.13. The molecule has 136 valence electrons. The van der Waals surface area contributed by atoms with Crippen molar-refractivity contribution in [2.45, 2.75) is 52.1 Å². The molecule has 0 N–H and O–H groups in total. The summed E-state index contributed by atoms with van der Waals surface area (Å²) in [6.07, 6.45) is -3.77. The third-order valence-electron chi connectivity index (χ3n) is 3.47. The second-order valence-corrected chi connectivity index (χ2v) is 5.39. The minimum Gasteiger partial charge on any atom is -0.465 e. The van der Waals surface area contributed by atoms with Gasteiger partial charge in [0.05, 0.1) is 5.92 Å². The van der Waals surface area contributed by atoms with Gasteiger partial charge < -0.3 is 23.7 Å². The van der Waals surface area contributed by atoms with Gasteiger partial charge in [-0.2, -0.15) is 0 Å². The van der Waals surface area contributed by atoms with Gasteiger partial charge in [-0.25, -0.2) is 0 Å². The van der Waals surface area contributed by atoms with Crippen LogP contribution < -0.4 is 0 Å². The monoisotopic (exact) mass is 346 g/mol. The van der Waals surface area contributed by atoms with E-state index in [0.717, 1.165) is 0 Å². The van der Waals surface area contributed by atoms with Crippen LogP contribution in [-0.4, -0.2) is 62.0 Å². The van der Waals surface area contributed by atoms with Crippen LogP contribution in [0.3, 0.4) is 0 Å². The lowest BCUT2D eigenvalue weighted by atomic mass is 10.0. The predicted molar refractivity (Wildman–Crippen MR) is 77.6 cm³/mol. The number of methoxy groups -OCH3 is 1. The van der Waals surface area contributed by atoms with E-state index in [1.807, 2.05) is 0 Å². The predicted octanol–water partition coefficient (Wildman–Crippen LogP) is -0.0106. The summed E-state index contributed by atoms with van der Waals surface area (Å²) in [6, 6.07) is 0. The molecule has 1 fully saturated rings.